The average molecular weight is 285 g/mol. The molecule has 2 N–H and O–H groups in total. The smallest absolute Gasteiger partial charge is 0.205 e. The van der Waals surface area contributed by atoms with Crippen molar-refractivity contribution in [3.63, 3.8) is 0 Å². The van der Waals surface area contributed by atoms with Crippen LogP contribution in [0.3, 0.4) is 0 Å². The molecule has 3 heteroatoms. The van der Waals surface area contributed by atoms with Crippen LogP contribution in [0.25, 0.3) is 27.8 Å². The number of hydrogen-bond donors (Lipinski definition) is 1. The van der Waals surface area contributed by atoms with Crippen molar-refractivity contribution in [2.45, 2.75) is 0 Å². The molecule has 0 spiro atoms. The first-order valence-corrected chi connectivity index (χ1v) is 7.22. The number of benzene rings is 3. The lowest BCUT2D eigenvalue weighted by molar-refractivity contribution is 1.11. The maximum absolute atomic E-state index is 6.09. The fourth-order valence-corrected chi connectivity index (χ4v) is 2.75. The van der Waals surface area contributed by atoms with Gasteiger partial charge in [-0.05, 0) is 35.4 Å². The van der Waals surface area contributed by atoms with E-state index in [1.807, 2.05) is 47.0 Å². The molecule has 0 aliphatic rings. The zero-order chi connectivity index (χ0) is 14.9. The highest BCUT2D eigenvalue weighted by atomic mass is 15.2. The van der Waals surface area contributed by atoms with E-state index < -0.39 is 0 Å². The molecule has 0 saturated heterocycles. The molecule has 0 aliphatic heterocycles. The number of nitrogens with two attached hydrogens (primary N) is 1. The Kier molecular flexibility index (Phi) is 2.90. The van der Waals surface area contributed by atoms with Crippen molar-refractivity contribution in [1.82, 2.24) is 9.55 Å². The molecule has 0 unspecified atom stereocenters. The Labute approximate surface area is 128 Å². The van der Waals surface area contributed by atoms with Crippen LogP contribution in [0.15, 0.2) is 78.9 Å². The normalized spacial score (nSPS) is 10.9. The minimum absolute atomic E-state index is 0.508. The summed E-state index contributed by atoms with van der Waals surface area (Å²) in [4.78, 5) is 4.41. The van der Waals surface area contributed by atoms with Gasteiger partial charge in [-0.15, -0.1) is 0 Å². The number of imidazole rings is 1. The van der Waals surface area contributed by atoms with Gasteiger partial charge in [-0.2, -0.15) is 0 Å². The van der Waals surface area contributed by atoms with E-state index >= 15 is 0 Å². The molecule has 0 saturated carbocycles. The molecule has 1 aromatic heterocycles. The van der Waals surface area contributed by atoms with Gasteiger partial charge in [0.1, 0.15) is 0 Å². The minimum Gasteiger partial charge on any atom is -0.369 e. The Hall–Kier alpha value is -3.07. The van der Waals surface area contributed by atoms with Gasteiger partial charge in [0.05, 0.1) is 11.0 Å². The van der Waals surface area contributed by atoms with Crippen LogP contribution in [0.1, 0.15) is 0 Å². The molecule has 0 bridgehead atoms. The number of anilines is 1. The van der Waals surface area contributed by atoms with E-state index in [2.05, 4.69) is 41.4 Å². The van der Waals surface area contributed by atoms with Gasteiger partial charge >= 0.3 is 0 Å². The van der Waals surface area contributed by atoms with E-state index in [1.165, 1.54) is 11.1 Å². The summed E-state index contributed by atoms with van der Waals surface area (Å²) in [6.07, 6.45) is 0. The number of nitrogen functional groups attached to an aromatic ring is 1. The third-order valence-electron chi connectivity index (χ3n) is 3.82. The third-order valence-corrected chi connectivity index (χ3v) is 3.82. The Balaban J connectivity index is 1.81. The van der Waals surface area contributed by atoms with E-state index in [4.69, 9.17) is 5.73 Å². The van der Waals surface area contributed by atoms with Crippen LogP contribution in [0, 0.1) is 0 Å². The van der Waals surface area contributed by atoms with Crippen LogP contribution in [0.5, 0.6) is 0 Å². The van der Waals surface area contributed by atoms with E-state index in [0.29, 0.717) is 5.95 Å². The molecule has 0 atom stereocenters. The van der Waals surface area contributed by atoms with E-state index in [9.17, 15) is 0 Å². The molecule has 22 heavy (non-hydrogen) atoms. The number of rotatable bonds is 2. The summed E-state index contributed by atoms with van der Waals surface area (Å²) in [6.45, 7) is 0. The van der Waals surface area contributed by atoms with Crippen LogP contribution >= 0.6 is 0 Å². The van der Waals surface area contributed by atoms with Crippen LogP contribution in [-0.2, 0) is 0 Å². The predicted molar refractivity (Wildman–Crippen MR) is 90.9 cm³/mol. The maximum atomic E-state index is 6.09. The highest BCUT2D eigenvalue weighted by molar-refractivity contribution is 5.81. The lowest BCUT2D eigenvalue weighted by Crippen LogP contribution is -2.00. The fourth-order valence-electron chi connectivity index (χ4n) is 2.75. The van der Waals surface area contributed by atoms with Gasteiger partial charge in [-0.25, -0.2) is 4.98 Å². The lowest BCUT2D eigenvalue weighted by Gasteiger charge is -2.08. The molecule has 106 valence electrons. The van der Waals surface area contributed by atoms with Gasteiger partial charge in [0.25, 0.3) is 0 Å². The number of hydrogen-bond acceptors (Lipinski definition) is 2. The minimum atomic E-state index is 0.508. The molecular formula is C19H15N3. The number of fused-ring (bicyclic) bond motifs is 1. The Morgan fingerprint density at radius 1 is 0.682 bits per heavy atom. The fraction of sp³-hybridized carbons (Fsp3) is 0. The summed E-state index contributed by atoms with van der Waals surface area (Å²) in [5.74, 6) is 0.508. The molecule has 0 amide bonds. The third kappa shape index (κ3) is 2.04. The van der Waals surface area contributed by atoms with Crippen molar-refractivity contribution in [3.8, 4) is 16.8 Å². The zero-order valence-corrected chi connectivity index (χ0v) is 12.0. The van der Waals surface area contributed by atoms with Crippen molar-refractivity contribution < 1.29 is 0 Å². The molecule has 0 aliphatic carbocycles. The van der Waals surface area contributed by atoms with Gasteiger partial charge in [0.2, 0.25) is 5.95 Å². The average Bonchev–Trinajstić information content (AvgIpc) is 2.91. The summed E-state index contributed by atoms with van der Waals surface area (Å²) < 4.78 is 1.98. The van der Waals surface area contributed by atoms with Crippen molar-refractivity contribution in [1.29, 1.82) is 0 Å². The number of para-hydroxylation sites is 2. The molecule has 3 nitrogen and oxygen atoms in total. The first-order chi connectivity index (χ1) is 10.8. The van der Waals surface area contributed by atoms with Crippen molar-refractivity contribution >= 4 is 17.0 Å². The molecule has 0 radical (unpaired) electrons. The van der Waals surface area contributed by atoms with Crippen LogP contribution < -0.4 is 5.73 Å². The van der Waals surface area contributed by atoms with E-state index in [-0.39, 0.29) is 0 Å². The van der Waals surface area contributed by atoms with Crippen molar-refractivity contribution in [3.05, 3.63) is 78.9 Å². The summed E-state index contributed by atoms with van der Waals surface area (Å²) in [5, 5.41) is 0. The molecule has 4 rings (SSSR count). The summed E-state index contributed by atoms with van der Waals surface area (Å²) >= 11 is 0. The standard InChI is InChI=1S/C19H15N3/c20-19-21-17-8-4-5-9-18(17)22(19)16-12-10-15(11-13-16)14-6-2-1-3-7-14/h1-13H,(H2,20,21). The van der Waals surface area contributed by atoms with Gasteiger partial charge in [-0.1, -0.05) is 54.6 Å². The SMILES string of the molecule is Nc1nc2ccccc2n1-c1ccc(-c2ccccc2)cc1. The van der Waals surface area contributed by atoms with Crippen LogP contribution in [0.2, 0.25) is 0 Å². The largest absolute Gasteiger partial charge is 0.369 e. The Bertz CT molecular complexity index is 922. The van der Waals surface area contributed by atoms with Gasteiger partial charge in [-0.3, -0.25) is 4.57 Å². The Morgan fingerprint density at radius 2 is 1.32 bits per heavy atom. The summed E-state index contributed by atoms with van der Waals surface area (Å²) in [5.41, 5.74) is 11.4. The monoisotopic (exact) mass is 285 g/mol. The second-order valence-electron chi connectivity index (χ2n) is 5.21. The zero-order valence-electron chi connectivity index (χ0n) is 12.0. The van der Waals surface area contributed by atoms with Crippen LogP contribution in [0.4, 0.5) is 5.95 Å². The van der Waals surface area contributed by atoms with Crippen molar-refractivity contribution in [2.24, 2.45) is 0 Å². The summed E-state index contributed by atoms with van der Waals surface area (Å²) in [7, 11) is 0. The van der Waals surface area contributed by atoms with Gasteiger partial charge < -0.3 is 5.73 Å². The number of nitrogens with zero attached hydrogens (tertiary/aromatic N) is 2. The maximum Gasteiger partial charge on any atom is 0.205 e. The first-order valence-electron chi connectivity index (χ1n) is 7.22. The molecule has 1 heterocycles. The molecule has 0 fully saturated rings. The molecule has 3 aromatic carbocycles. The predicted octanol–water partition coefficient (Wildman–Crippen LogP) is 4.27. The topological polar surface area (TPSA) is 43.8 Å². The molecular weight excluding hydrogens is 270 g/mol. The van der Waals surface area contributed by atoms with Crippen molar-refractivity contribution in [2.75, 3.05) is 5.73 Å². The van der Waals surface area contributed by atoms with Crippen LogP contribution in [-0.4, -0.2) is 9.55 Å². The number of aromatic nitrogens is 2. The highest BCUT2D eigenvalue weighted by Gasteiger charge is 2.09. The van der Waals surface area contributed by atoms with Gasteiger partial charge in [0.15, 0.2) is 0 Å². The highest BCUT2D eigenvalue weighted by Crippen LogP contribution is 2.25. The Morgan fingerprint density at radius 3 is 2.09 bits per heavy atom. The van der Waals surface area contributed by atoms with E-state index in [0.717, 1.165) is 16.7 Å². The quantitative estimate of drug-likeness (QED) is 0.597. The first kappa shape index (κ1) is 12.7. The second kappa shape index (κ2) is 5.04. The second-order valence-corrected chi connectivity index (χ2v) is 5.21. The lowest BCUT2D eigenvalue weighted by atomic mass is 10.1. The summed E-state index contributed by atoms with van der Waals surface area (Å²) in [6, 6.07) is 26.7. The van der Waals surface area contributed by atoms with E-state index in [1.54, 1.807) is 0 Å². The van der Waals surface area contributed by atoms with Gasteiger partial charge in [0, 0.05) is 5.69 Å². The molecule has 4 aromatic rings.